The van der Waals surface area contributed by atoms with Crippen LogP contribution in [-0.2, 0) is 13.1 Å². The molecule has 2 heteroatoms. The summed E-state index contributed by atoms with van der Waals surface area (Å²) in [5.74, 6) is 1.12. The molecule has 2 aromatic rings. The summed E-state index contributed by atoms with van der Waals surface area (Å²) in [6.07, 6.45) is 0. The second kappa shape index (κ2) is 2.36. The molecule has 1 aliphatic rings. The molecule has 1 aromatic heterocycles. The third-order valence-electron chi connectivity index (χ3n) is 2.69. The van der Waals surface area contributed by atoms with Crippen LogP contribution >= 0.6 is 0 Å². The van der Waals surface area contributed by atoms with Crippen LogP contribution in [0.15, 0.2) is 22.6 Å². The Morgan fingerprint density at radius 2 is 2.23 bits per heavy atom. The van der Waals surface area contributed by atoms with E-state index in [2.05, 4.69) is 30.4 Å². The molecule has 13 heavy (non-hydrogen) atoms. The average Bonchev–Trinajstić information content (AvgIpc) is 2.65. The molecular weight excluding hydrogens is 162 g/mol. The summed E-state index contributed by atoms with van der Waals surface area (Å²) in [5, 5.41) is 4.56. The summed E-state index contributed by atoms with van der Waals surface area (Å²) in [6.45, 7) is 3.92. The lowest BCUT2D eigenvalue weighted by molar-refractivity contribution is 0.542. The van der Waals surface area contributed by atoms with Gasteiger partial charge in [0.05, 0.1) is 6.54 Å². The Kier molecular flexibility index (Phi) is 1.30. The van der Waals surface area contributed by atoms with E-state index < -0.39 is 0 Å². The van der Waals surface area contributed by atoms with Crippen LogP contribution in [0.5, 0.6) is 0 Å². The van der Waals surface area contributed by atoms with Gasteiger partial charge >= 0.3 is 0 Å². The topological polar surface area (TPSA) is 25.2 Å². The fraction of sp³-hybridized carbons (Fsp3) is 0.273. The Bertz CT molecular complexity index is 470. The summed E-state index contributed by atoms with van der Waals surface area (Å²) in [7, 11) is 0. The maximum Gasteiger partial charge on any atom is 0.137 e. The van der Waals surface area contributed by atoms with E-state index in [-0.39, 0.29) is 0 Å². The van der Waals surface area contributed by atoms with Crippen molar-refractivity contribution in [3.05, 3.63) is 35.1 Å². The highest BCUT2D eigenvalue weighted by Gasteiger charge is 2.18. The van der Waals surface area contributed by atoms with Gasteiger partial charge in [0.2, 0.25) is 0 Å². The molecule has 0 atom stereocenters. The molecule has 0 aliphatic carbocycles. The lowest BCUT2D eigenvalue weighted by Crippen LogP contribution is -2.01. The lowest BCUT2D eigenvalue weighted by Gasteiger charge is -1.95. The molecule has 0 unspecified atom stereocenters. The van der Waals surface area contributed by atoms with Crippen molar-refractivity contribution in [2.45, 2.75) is 20.0 Å². The van der Waals surface area contributed by atoms with E-state index in [4.69, 9.17) is 4.42 Å². The zero-order valence-corrected chi connectivity index (χ0v) is 7.55. The molecule has 0 spiro atoms. The van der Waals surface area contributed by atoms with E-state index in [1.807, 2.05) is 0 Å². The van der Waals surface area contributed by atoms with Crippen LogP contribution in [0.2, 0.25) is 0 Å². The van der Waals surface area contributed by atoms with Gasteiger partial charge in [-0.15, -0.1) is 0 Å². The number of furan rings is 1. The Morgan fingerprint density at radius 3 is 3.15 bits per heavy atom. The van der Waals surface area contributed by atoms with Gasteiger partial charge in [0.1, 0.15) is 11.3 Å². The van der Waals surface area contributed by atoms with E-state index in [0.29, 0.717) is 0 Å². The Labute approximate surface area is 76.5 Å². The Balaban J connectivity index is 2.44. The molecule has 0 saturated carbocycles. The van der Waals surface area contributed by atoms with Crippen molar-refractivity contribution in [1.29, 1.82) is 0 Å². The predicted molar refractivity (Wildman–Crippen MR) is 51.5 cm³/mol. The van der Waals surface area contributed by atoms with Gasteiger partial charge in [0.25, 0.3) is 0 Å². The number of aryl methyl sites for hydroxylation is 1. The van der Waals surface area contributed by atoms with E-state index in [1.165, 1.54) is 16.5 Å². The van der Waals surface area contributed by atoms with Gasteiger partial charge in [0.15, 0.2) is 0 Å². The normalized spacial score (nSPS) is 15.2. The van der Waals surface area contributed by atoms with Crippen molar-refractivity contribution in [2.75, 3.05) is 0 Å². The summed E-state index contributed by atoms with van der Waals surface area (Å²) < 4.78 is 5.78. The molecule has 2 heterocycles. The number of fused-ring (bicyclic) bond motifs is 3. The summed E-state index contributed by atoms with van der Waals surface area (Å²) >= 11 is 0. The van der Waals surface area contributed by atoms with Crippen molar-refractivity contribution in [2.24, 2.45) is 0 Å². The summed E-state index contributed by atoms with van der Waals surface area (Å²) in [6, 6.07) is 6.32. The molecule has 1 N–H and O–H groups in total. The zero-order valence-electron chi connectivity index (χ0n) is 7.55. The SMILES string of the molecule is Cc1cccc2c3c(oc12)CNC3. The van der Waals surface area contributed by atoms with E-state index in [0.717, 1.165) is 24.4 Å². The van der Waals surface area contributed by atoms with Gasteiger partial charge in [-0.25, -0.2) is 0 Å². The van der Waals surface area contributed by atoms with Gasteiger partial charge in [-0.2, -0.15) is 0 Å². The maximum absolute atomic E-state index is 5.78. The van der Waals surface area contributed by atoms with Gasteiger partial charge in [0, 0.05) is 17.5 Å². The van der Waals surface area contributed by atoms with Crippen LogP contribution in [0.3, 0.4) is 0 Å². The molecule has 1 aromatic carbocycles. The molecule has 0 saturated heterocycles. The first-order valence-corrected chi connectivity index (χ1v) is 4.57. The van der Waals surface area contributed by atoms with Gasteiger partial charge < -0.3 is 9.73 Å². The molecule has 66 valence electrons. The Morgan fingerprint density at radius 1 is 1.31 bits per heavy atom. The van der Waals surface area contributed by atoms with Gasteiger partial charge in [-0.3, -0.25) is 0 Å². The smallest absolute Gasteiger partial charge is 0.137 e. The van der Waals surface area contributed by atoms with Crippen molar-refractivity contribution >= 4 is 11.0 Å². The standard InChI is InChI=1S/C11H11NO/c1-7-3-2-4-8-9-5-12-6-10(9)13-11(7)8/h2-4,12H,5-6H2,1H3. The minimum Gasteiger partial charge on any atom is -0.459 e. The quantitative estimate of drug-likeness (QED) is 0.661. The van der Waals surface area contributed by atoms with Crippen molar-refractivity contribution in [1.82, 2.24) is 5.32 Å². The number of rotatable bonds is 0. The van der Waals surface area contributed by atoms with Crippen LogP contribution in [0.4, 0.5) is 0 Å². The van der Waals surface area contributed by atoms with E-state index in [1.54, 1.807) is 0 Å². The van der Waals surface area contributed by atoms with Gasteiger partial charge in [-0.05, 0) is 12.5 Å². The van der Waals surface area contributed by atoms with Crippen LogP contribution in [0.25, 0.3) is 11.0 Å². The number of nitrogens with one attached hydrogen (secondary N) is 1. The molecule has 3 rings (SSSR count). The van der Waals surface area contributed by atoms with Crippen LogP contribution in [0.1, 0.15) is 16.9 Å². The maximum atomic E-state index is 5.78. The zero-order chi connectivity index (χ0) is 8.84. The van der Waals surface area contributed by atoms with Crippen LogP contribution in [0, 0.1) is 6.92 Å². The second-order valence-electron chi connectivity index (χ2n) is 3.56. The van der Waals surface area contributed by atoms with Crippen LogP contribution < -0.4 is 5.32 Å². The van der Waals surface area contributed by atoms with E-state index >= 15 is 0 Å². The van der Waals surface area contributed by atoms with Crippen molar-refractivity contribution in [3.63, 3.8) is 0 Å². The number of hydrogen-bond donors (Lipinski definition) is 1. The third-order valence-corrected chi connectivity index (χ3v) is 2.69. The molecule has 0 amide bonds. The fourth-order valence-electron chi connectivity index (χ4n) is 2.00. The van der Waals surface area contributed by atoms with Crippen molar-refractivity contribution in [3.8, 4) is 0 Å². The third kappa shape index (κ3) is 0.864. The first kappa shape index (κ1) is 7.15. The first-order valence-electron chi connectivity index (χ1n) is 4.57. The fourth-order valence-corrected chi connectivity index (χ4v) is 2.00. The highest BCUT2D eigenvalue weighted by Crippen LogP contribution is 2.30. The summed E-state index contributed by atoms with van der Waals surface area (Å²) in [4.78, 5) is 0. The molecule has 0 fully saturated rings. The number of hydrogen-bond acceptors (Lipinski definition) is 2. The molecule has 0 bridgehead atoms. The van der Waals surface area contributed by atoms with Crippen molar-refractivity contribution < 1.29 is 4.42 Å². The minimum absolute atomic E-state index is 0.878. The van der Waals surface area contributed by atoms with Crippen LogP contribution in [-0.4, -0.2) is 0 Å². The van der Waals surface area contributed by atoms with E-state index in [9.17, 15) is 0 Å². The second-order valence-corrected chi connectivity index (χ2v) is 3.56. The largest absolute Gasteiger partial charge is 0.459 e. The average molecular weight is 173 g/mol. The lowest BCUT2D eigenvalue weighted by atomic mass is 10.1. The first-order chi connectivity index (χ1) is 6.36. The monoisotopic (exact) mass is 173 g/mol. The molecule has 0 radical (unpaired) electrons. The predicted octanol–water partition coefficient (Wildman–Crippen LogP) is 2.34. The number of para-hydroxylation sites is 1. The molecular formula is C11H11NO. The molecule has 2 nitrogen and oxygen atoms in total. The minimum atomic E-state index is 0.878. The highest BCUT2D eigenvalue weighted by atomic mass is 16.3. The number of benzene rings is 1. The Hall–Kier alpha value is -1.28. The summed E-state index contributed by atoms with van der Waals surface area (Å²) in [5.41, 5.74) is 3.64. The van der Waals surface area contributed by atoms with Gasteiger partial charge in [-0.1, -0.05) is 18.2 Å². The highest BCUT2D eigenvalue weighted by molar-refractivity contribution is 5.85. The molecule has 1 aliphatic heterocycles.